The van der Waals surface area contributed by atoms with Crippen molar-refractivity contribution in [1.82, 2.24) is 5.32 Å². The number of hydrogen-bond acceptors (Lipinski definition) is 2. The first-order valence-corrected chi connectivity index (χ1v) is 7.93. The van der Waals surface area contributed by atoms with Crippen molar-refractivity contribution in [2.75, 3.05) is 11.9 Å². The van der Waals surface area contributed by atoms with E-state index in [-0.39, 0.29) is 11.9 Å². The number of rotatable bonds is 5. The van der Waals surface area contributed by atoms with E-state index >= 15 is 0 Å². The first-order chi connectivity index (χ1) is 9.79. The Bertz CT molecular complexity index is 406. The molecule has 1 aromatic rings. The van der Waals surface area contributed by atoms with Crippen LogP contribution in [0.15, 0.2) is 24.3 Å². The van der Waals surface area contributed by atoms with E-state index < -0.39 is 0 Å². The number of hydrogen-bond donors (Lipinski definition) is 2. The third kappa shape index (κ3) is 4.64. The Hall–Kier alpha value is -1.35. The molecule has 0 aromatic heterocycles. The summed E-state index contributed by atoms with van der Waals surface area (Å²) in [4.78, 5) is 12.2. The van der Waals surface area contributed by atoms with E-state index in [4.69, 9.17) is 0 Å². The number of carbonyl (C=O) groups excluding carboxylic acids is 1. The van der Waals surface area contributed by atoms with E-state index in [1.54, 1.807) is 0 Å². The Morgan fingerprint density at radius 3 is 2.80 bits per heavy atom. The molecule has 2 rings (SSSR count). The summed E-state index contributed by atoms with van der Waals surface area (Å²) in [6, 6.07) is 8.23. The molecule has 20 heavy (non-hydrogen) atoms. The van der Waals surface area contributed by atoms with Crippen molar-refractivity contribution in [3.63, 3.8) is 0 Å². The zero-order valence-electron chi connectivity index (χ0n) is 12.5. The highest BCUT2D eigenvalue weighted by molar-refractivity contribution is 5.94. The molecule has 1 aliphatic heterocycles. The molecule has 0 radical (unpaired) electrons. The Kier molecular flexibility index (Phi) is 6.06. The Labute approximate surface area is 122 Å². The molecule has 3 heteroatoms. The molecule has 0 aliphatic carbocycles. The lowest BCUT2D eigenvalue weighted by molar-refractivity contribution is -0.118. The summed E-state index contributed by atoms with van der Waals surface area (Å²) in [6.07, 6.45) is 8.04. The summed E-state index contributed by atoms with van der Waals surface area (Å²) in [5, 5.41) is 6.35. The van der Waals surface area contributed by atoms with Crippen molar-refractivity contribution in [1.29, 1.82) is 0 Å². The van der Waals surface area contributed by atoms with Crippen molar-refractivity contribution >= 4 is 11.6 Å². The van der Waals surface area contributed by atoms with E-state index in [0.717, 1.165) is 31.5 Å². The zero-order valence-corrected chi connectivity index (χ0v) is 12.5. The molecular weight excluding hydrogens is 248 g/mol. The highest BCUT2D eigenvalue weighted by Crippen LogP contribution is 2.14. The second-order valence-electron chi connectivity index (χ2n) is 5.65. The van der Waals surface area contributed by atoms with Gasteiger partial charge in [0.1, 0.15) is 0 Å². The van der Waals surface area contributed by atoms with Crippen LogP contribution in [0.25, 0.3) is 0 Å². The van der Waals surface area contributed by atoms with Crippen LogP contribution in [0.2, 0.25) is 0 Å². The Balaban J connectivity index is 1.86. The smallest absolute Gasteiger partial charge is 0.241 e. The molecule has 1 unspecified atom stereocenters. The number of carbonyl (C=O) groups is 1. The first kappa shape index (κ1) is 15.0. The summed E-state index contributed by atoms with van der Waals surface area (Å²) in [5.41, 5.74) is 2.25. The van der Waals surface area contributed by atoms with Gasteiger partial charge in [-0.05, 0) is 49.9 Å². The highest BCUT2D eigenvalue weighted by atomic mass is 16.2. The Morgan fingerprint density at radius 1 is 1.25 bits per heavy atom. The summed E-state index contributed by atoms with van der Waals surface area (Å²) in [5.74, 6) is 0.105. The average molecular weight is 274 g/mol. The standard InChI is InChI=1S/C17H26N2O/c1-2-3-7-14-9-11-15(12-10-14)19-17(20)16-8-5-4-6-13-18-16/h9-12,16,18H,2-8,13H2,1H3,(H,19,20). The number of aryl methyl sites for hydroxylation is 1. The maximum Gasteiger partial charge on any atom is 0.241 e. The fraction of sp³-hybridized carbons (Fsp3) is 0.588. The molecule has 1 atom stereocenters. The fourth-order valence-electron chi connectivity index (χ4n) is 2.62. The molecule has 0 spiro atoms. The van der Waals surface area contributed by atoms with E-state index in [0.29, 0.717) is 0 Å². The molecule has 0 saturated carbocycles. The lowest BCUT2D eigenvalue weighted by Gasteiger charge is -2.15. The average Bonchev–Trinajstić information content (AvgIpc) is 2.75. The maximum atomic E-state index is 12.2. The van der Waals surface area contributed by atoms with Gasteiger partial charge in [-0.25, -0.2) is 0 Å². The van der Waals surface area contributed by atoms with Gasteiger partial charge in [-0.2, -0.15) is 0 Å². The van der Waals surface area contributed by atoms with Crippen LogP contribution in [0, 0.1) is 0 Å². The molecule has 2 N–H and O–H groups in total. The van der Waals surface area contributed by atoms with Crippen LogP contribution in [0.3, 0.4) is 0 Å². The molecule has 3 nitrogen and oxygen atoms in total. The SMILES string of the molecule is CCCCc1ccc(NC(=O)C2CCCCCN2)cc1. The first-order valence-electron chi connectivity index (χ1n) is 7.93. The summed E-state index contributed by atoms with van der Waals surface area (Å²) >= 11 is 0. The van der Waals surface area contributed by atoms with Crippen LogP contribution < -0.4 is 10.6 Å². The van der Waals surface area contributed by atoms with Gasteiger partial charge in [0.05, 0.1) is 6.04 Å². The topological polar surface area (TPSA) is 41.1 Å². The van der Waals surface area contributed by atoms with E-state index in [1.165, 1.54) is 31.2 Å². The molecule has 1 heterocycles. The second-order valence-corrected chi connectivity index (χ2v) is 5.65. The number of unbranched alkanes of at least 4 members (excludes halogenated alkanes) is 1. The third-order valence-electron chi connectivity index (χ3n) is 3.92. The number of amides is 1. The van der Waals surface area contributed by atoms with E-state index in [1.807, 2.05) is 12.1 Å². The minimum absolute atomic E-state index is 0.0303. The van der Waals surface area contributed by atoms with Gasteiger partial charge in [0, 0.05) is 5.69 Å². The normalized spacial score (nSPS) is 19.4. The highest BCUT2D eigenvalue weighted by Gasteiger charge is 2.19. The van der Waals surface area contributed by atoms with Gasteiger partial charge in [0.2, 0.25) is 5.91 Å². The third-order valence-corrected chi connectivity index (χ3v) is 3.92. The number of nitrogens with one attached hydrogen (secondary N) is 2. The van der Waals surface area contributed by atoms with Crippen molar-refractivity contribution in [3.8, 4) is 0 Å². The molecule has 1 saturated heterocycles. The van der Waals surface area contributed by atoms with Gasteiger partial charge < -0.3 is 10.6 Å². The lowest BCUT2D eigenvalue weighted by atomic mass is 10.1. The minimum atomic E-state index is -0.0303. The number of anilines is 1. The van der Waals surface area contributed by atoms with Gasteiger partial charge in [0.25, 0.3) is 0 Å². The number of benzene rings is 1. The molecule has 1 fully saturated rings. The van der Waals surface area contributed by atoms with Crippen LogP contribution in [0.4, 0.5) is 5.69 Å². The largest absolute Gasteiger partial charge is 0.325 e. The van der Waals surface area contributed by atoms with Gasteiger partial charge in [-0.15, -0.1) is 0 Å². The van der Waals surface area contributed by atoms with Crippen molar-refractivity contribution in [2.24, 2.45) is 0 Å². The molecule has 110 valence electrons. The maximum absolute atomic E-state index is 12.2. The van der Waals surface area contributed by atoms with E-state index in [2.05, 4.69) is 29.7 Å². The van der Waals surface area contributed by atoms with Crippen LogP contribution in [-0.4, -0.2) is 18.5 Å². The van der Waals surface area contributed by atoms with Crippen molar-refractivity contribution in [3.05, 3.63) is 29.8 Å². The summed E-state index contributed by atoms with van der Waals surface area (Å²) in [6.45, 7) is 3.16. The quantitative estimate of drug-likeness (QED) is 0.863. The second kappa shape index (κ2) is 8.05. The molecule has 1 amide bonds. The van der Waals surface area contributed by atoms with Crippen LogP contribution in [0.1, 0.15) is 51.0 Å². The zero-order chi connectivity index (χ0) is 14.2. The molecule has 1 aliphatic rings. The van der Waals surface area contributed by atoms with Crippen molar-refractivity contribution in [2.45, 2.75) is 57.9 Å². The van der Waals surface area contributed by atoms with E-state index in [9.17, 15) is 4.79 Å². The summed E-state index contributed by atoms with van der Waals surface area (Å²) < 4.78 is 0. The van der Waals surface area contributed by atoms with Gasteiger partial charge in [0.15, 0.2) is 0 Å². The predicted octanol–water partition coefficient (Wildman–Crippen LogP) is 3.50. The molecular formula is C17H26N2O. The summed E-state index contributed by atoms with van der Waals surface area (Å²) in [7, 11) is 0. The van der Waals surface area contributed by atoms with Gasteiger partial charge >= 0.3 is 0 Å². The van der Waals surface area contributed by atoms with Crippen LogP contribution >= 0.6 is 0 Å². The van der Waals surface area contributed by atoms with Gasteiger partial charge in [-0.3, -0.25) is 4.79 Å². The fourth-order valence-corrected chi connectivity index (χ4v) is 2.62. The lowest BCUT2D eigenvalue weighted by Crippen LogP contribution is -2.39. The monoisotopic (exact) mass is 274 g/mol. The molecule has 1 aromatic carbocycles. The van der Waals surface area contributed by atoms with Crippen LogP contribution in [0.5, 0.6) is 0 Å². The molecule has 0 bridgehead atoms. The predicted molar refractivity (Wildman–Crippen MR) is 83.9 cm³/mol. The minimum Gasteiger partial charge on any atom is -0.325 e. The van der Waals surface area contributed by atoms with Crippen molar-refractivity contribution < 1.29 is 4.79 Å². The Morgan fingerprint density at radius 2 is 2.05 bits per heavy atom. The van der Waals surface area contributed by atoms with Crippen LogP contribution in [-0.2, 0) is 11.2 Å². The van der Waals surface area contributed by atoms with Gasteiger partial charge in [-0.1, -0.05) is 38.3 Å².